The van der Waals surface area contributed by atoms with Gasteiger partial charge in [-0.1, -0.05) is 29.8 Å². The third-order valence-corrected chi connectivity index (χ3v) is 3.91. The standard InChI is InChI=1S/C15H17N5O2S/c1-3-5-12-7-6-11(8-16)15(17-12)23-10-13(21)18-14-9-20(4-2)19-22-14/h6-7,9H,3-5,10H2,1-2H3. The lowest BCUT2D eigenvalue weighted by atomic mass is 10.2. The summed E-state index contributed by atoms with van der Waals surface area (Å²) in [5.74, 6) is -0.101. The molecule has 0 atom stereocenters. The van der Waals surface area contributed by atoms with Crippen LogP contribution in [0.5, 0.6) is 0 Å². The van der Waals surface area contributed by atoms with Gasteiger partial charge in [0.1, 0.15) is 11.1 Å². The Morgan fingerprint density at radius 2 is 2.30 bits per heavy atom. The van der Waals surface area contributed by atoms with E-state index in [-0.39, 0.29) is 17.5 Å². The Balaban J connectivity index is 2.07. The molecule has 2 rings (SSSR count). The predicted molar refractivity (Wildman–Crippen MR) is 83.1 cm³/mol. The van der Waals surface area contributed by atoms with Crippen LogP contribution in [0.1, 0.15) is 31.5 Å². The Hall–Kier alpha value is -2.40. The molecule has 0 fully saturated rings. The maximum atomic E-state index is 11.9. The third kappa shape index (κ3) is 4.79. The predicted octanol–water partition coefficient (Wildman–Crippen LogP) is 1.38. The first kappa shape index (κ1) is 17.0. The molecule has 8 heteroatoms. The maximum Gasteiger partial charge on any atom is 0.320 e. The molecule has 0 aliphatic rings. The highest BCUT2D eigenvalue weighted by atomic mass is 32.2. The molecule has 0 amide bonds. The highest BCUT2D eigenvalue weighted by molar-refractivity contribution is 7.99. The fourth-order valence-corrected chi connectivity index (χ4v) is 2.60. The normalized spacial score (nSPS) is 11.4. The number of hydrogen-bond acceptors (Lipinski definition) is 7. The lowest BCUT2D eigenvalue weighted by molar-refractivity contribution is -0.759. The summed E-state index contributed by atoms with van der Waals surface area (Å²) in [6, 6.07) is 5.67. The summed E-state index contributed by atoms with van der Waals surface area (Å²) in [4.78, 5) is 8.27. The van der Waals surface area contributed by atoms with Gasteiger partial charge in [-0.05, 0) is 31.4 Å². The van der Waals surface area contributed by atoms with E-state index in [1.54, 1.807) is 16.9 Å². The highest BCUT2D eigenvalue weighted by Gasteiger charge is 2.09. The summed E-state index contributed by atoms with van der Waals surface area (Å²) < 4.78 is 6.47. The van der Waals surface area contributed by atoms with Gasteiger partial charge < -0.3 is 5.11 Å². The van der Waals surface area contributed by atoms with E-state index in [0.29, 0.717) is 17.1 Å². The largest absolute Gasteiger partial charge is 0.861 e. The molecule has 0 unspecified atom stereocenters. The molecule has 0 aliphatic carbocycles. The lowest BCUT2D eigenvalue weighted by Crippen LogP contribution is -2.32. The van der Waals surface area contributed by atoms with Crippen molar-refractivity contribution in [2.75, 3.05) is 5.75 Å². The van der Waals surface area contributed by atoms with Crippen molar-refractivity contribution in [1.82, 2.24) is 10.3 Å². The second-order valence-electron chi connectivity index (χ2n) is 4.71. The second kappa shape index (κ2) is 8.29. The summed E-state index contributed by atoms with van der Waals surface area (Å²) in [5.41, 5.74) is 1.38. The molecule has 7 nitrogen and oxygen atoms in total. The Labute approximate surface area is 138 Å². The van der Waals surface area contributed by atoms with Gasteiger partial charge in [0, 0.05) is 11.4 Å². The Morgan fingerprint density at radius 3 is 2.96 bits per heavy atom. The molecule has 2 heterocycles. The van der Waals surface area contributed by atoms with Crippen LogP contribution in [0.3, 0.4) is 0 Å². The van der Waals surface area contributed by atoms with E-state index in [4.69, 9.17) is 9.78 Å². The fourth-order valence-electron chi connectivity index (χ4n) is 1.82. The number of aryl methyl sites for hydroxylation is 2. The van der Waals surface area contributed by atoms with Gasteiger partial charge in [-0.25, -0.2) is 9.98 Å². The first-order valence-electron chi connectivity index (χ1n) is 7.30. The molecule has 2 aromatic heterocycles. The zero-order valence-corrected chi connectivity index (χ0v) is 13.8. The minimum absolute atomic E-state index is 0.0874. The molecule has 2 aromatic rings. The van der Waals surface area contributed by atoms with Crippen LogP contribution < -0.4 is 9.79 Å². The molecular formula is C15H17N5O2S. The van der Waals surface area contributed by atoms with Gasteiger partial charge in [0.2, 0.25) is 5.27 Å². The van der Waals surface area contributed by atoms with Gasteiger partial charge in [-0.2, -0.15) is 5.26 Å². The average molecular weight is 331 g/mol. The van der Waals surface area contributed by atoms with E-state index < -0.39 is 0 Å². The molecule has 120 valence electrons. The van der Waals surface area contributed by atoms with E-state index in [1.807, 2.05) is 13.0 Å². The molecule has 0 N–H and O–H groups in total. The Morgan fingerprint density at radius 1 is 1.48 bits per heavy atom. The number of aromatic nitrogens is 3. The van der Waals surface area contributed by atoms with Gasteiger partial charge in [-0.15, -0.1) is 0 Å². The van der Waals surface area contributed by atoms with Crippen LogP contribution >= 0.6 is 11.8 Å². The summed E-state index contributed by atoms with van der Waals surface area (Å²) in [5, 5.41) is 25.3. The van der Waals surface area contributed by atoms with E-state index in [0.717, 1.165) is 18.5 Å². The summed E-state index contributed by atoms with van der Waals surface area (Å²) in [7, 11) is 0. The van der Waals surface area contributed by atoms with Crippen molar-refractivity contribution in [2.45, 2.75) is 38.3 Å². The van der Waals surface area contributed by atoms with E-state index in [1.165, 1.54) is 11.8 Å². The van der Waals surface area contributed by atoms with Gasteiger partial charge in [-0.3, -0.25) is 4.52 Å². The quantitative estimate of drug-likeness (QED) is 0.329. The maximum absolute atomic E-state index is 11.9. The molecule has 23 heavy (non-hydrogen) atoms. The molecule has 0 saturated heterocycles. The van der Waals surface area contributed by atoms with Crippen LogP contribution in [-0.2, 0) is 13.0 Å². The average Bonchev–Trinajstić information content (AvgIpc) is 3.01. The van der Waals surface area contributed by atoms with Gasteiger partial charge in [0.05, 0.1) is 5.56 Å². The monoisotopic (exact) mass is 331 g/mol. The van der Waals surface area contributed by atoms with E-state index >= 15 is 0 Å². The number of thioether (sulfide) groups is 1. The summed E-state index contributed by atoms with van der Waals surface area (Å²) in [6.45, 7) is 4.61. The molecule has 0 bridgehead atoms. The highest BCUT2D eigenvalue weighted by Crippen LogP contribution is 2.21. The topological polar surface area (TPSA) is 102 Å². The summed E-state index contributed by atoms with van der Waals surface area (Å²) in [6.07, 6.45) is 3.37. The zero-order chi connectivity index (χ0) is 16.7. The van der Waals surface area contributed by atoms with Crippen molar-refractivity contribution < 1.29 is 14.3 Å². The van der Waals surface area contributed by atoms with Crippen molar-refractivity contribution >= 4 is 23.5 Å². The third-order valence-electron chi connectivity index (χ3n) is 2.93. The number of aliphatic imine (C=N–C) groups is 1. The van der Waals surface area contributed by atoms with Gasteiger partial charge in [0.15, 0.2) is 6.54 Å². The zero-order valence-electron chi connectivity index (χ0n) is 13.0. The molecule has 0 saturated carbocycles. The van der Waals surface area contributed by atoms with Crippen molar-refractivity contribution in [1.29, 1.82) is 5.26 Å². The molecular weight excluding hydrogens is 314 g/mol. The van der Waals surface area contributed by atoms with Crippen LogP contribution in [0.2, 0.25) is 0 Å². The van der Waals surface area contributed by atoms with Crippen LogP contribution in [0.4, 0.5) is 5.88 Å². The van der Waals surface area contributed by atoms with Gasteiger partial charge >= 0.3 is 5.88 Å². The first-order valence-corrected chi connectivity index (χ1v) is 8.28. The number of nitrogens with zero attached hydrogens (tertiary/aromatic N) is 5. The van der Waals surface area contributed by atoms with Crippen molar-refractivity contribution in [3.63, 3.8) is 0 Å². The molecule has 0 spiro atoms. The first-order chi connectivity index (χ1) is 11.2. The summed E-state index contributed by atoms with van der Waals surface area (Å²) >= 11 is 1.21. The van der Waals surface area contributed by atoms with Crippen LogP contribution in [0.25, 0.3) is 0 Å². The minimum Gasteiger partial charge on any atom is -0.861 e. The SMILES string of the molecule is CCCc1ccc(C#N)c(SC/C([O-])=N\c2c[n+](CC)no2)n1. The minimum atomic E-state index is -0.360. The van der Waals surface area contributed by atoms with Crippen molar-refractivity contribution in [2.24, 2.45) is 4.99 Å². The van der Waals surface area contributed by atoms with Crippen LogP contribution in [0.15, 0.2) is 32.9 Å². The molecule has 0 aromatic carbocycles. The van der Waals surface area contributed by atoms with E-state index in [2.05, 4.69) is 28.2 Å². The number of nitriles is 1. The fraction of sp³-hybridized carbons (Fsp3) is 0.400. The van der Waals surface area contributed by atoms with Crippen molar-refractivity contribution in [3.05, 3.63) is 29.6 Å². The van der Waals surface area contributed by atoms with Crippen molar-refractivity contribution in [3.8, 4) is 6.07 Å². The van der Waals surface area contributed by atoms with Gasteiger partial charge in [0.25, 0.3) is 6.20 Å². The molecule has 0 aliphatic heterocycles. The smallest absolute Gasteiger partial charge is 0.320 e. The lowest BCUT2D eigenvalue weighted by Gasteiger charge is -2.09. The Kier molecular flexibility index (Phi) is 6.11. The number of pyridine rings is 1. The number of hydrogen-bond donors (Lipinski definition) is 0. The van der Waals surface area contributed by atoms with Crippen LogP contribution in [-0.4, -0.2) is 21.9 Å². The number of rotatable bonds is 7. The van der Waals surface area contributed by atoms with Crippen LogP contribution in [0, 0.1) is 11.3 Å². The second-order valence-corrected chi connectivity index (χ2v) is 5.67. The van der Waals surface area contributed by atoms with E-state index in [9.17, 15) is 5.11 Å². The molecule has 0 radical (unpaired) electrons. The Bertz CT molecular complexity index is 736.